The lowest BCUT2D eigenvalue weighted by molar-refractivity contribution is -0.131. The summed E-state index contributed by atoms with van der Waals surface area (Å²) < 4.78 is 28.5. The second-order valence-corrected chi connectivity index (χ2v) is 8.70. The molecular formula is C18H25N5O3S. The molecule has 1 amide bonds. The number of amides is 1. The number of carbonyl (C=O) groups is 1. The molecule has 0 aliphatic carbocycles. The quantitative estimate of drug-likeness (QED) is 0.712. The molecule has 27 heavy (non-hydrogen) atoms. The minimum Gasteiger partial charge on any atom is -0.340 e. The van der Waals surface area contributed by atoms with Crippen LogP contribution in [0, 0.1) is 0 Å². The van der Waals surface area contributed by atoms with Crippen LogP contribution in [0.5, 0.6) is 0 Å². The van der Waals surface area contributed by atoms with E-state index in [9.17, 15) is 13.2 Å². The van der Waals surface area contributed by atoms with E-state index in [-0.39, 0.29) is 12.5 Å². The predicted octanol–water partition coefficient (Wildman–Crippen LogP) is 0.385. The van der Waals surface area contributed by atoms with Crippen LogP contribution in [0.25, 0.3) is 0 Å². The summed E-state index contributed by atoms with van der Waals surface area (Å²) in [6.45, 7) is 2.65. The van der Waals surface area contributed by atoms with Crippen molar-refractivity contribution in [2.75, 3.05) is 39.8 Å². The van der Waals surface area contributed by atoms with Gasteiger partial charge in [0.05, 0.1) is 17.6 Å². The summed E-state index contributed by atoms with van der Waals surface area (Å²) >= 11 is 0. The molecule has 1 saturated heterocycles. The van der Waals surface area contributed by atoms with Crippen LogP contribution < -0.4 is 0 Å². The van der Waals surface area contributed by atoms with Crippen LogP contribution in [0.4, 0.5) is 0 Å². The number of aromatic nitrogens is 2. The number of rotatable bonds is 6. The van der Waals surface area contributed by atoms with Gasteiger partial charge in [0, 0.05) is 58.6 Å². The van der Waals surface area contributed by atoms with Crippen molar-refractivity contribution in [2.45, 2.75) is 11.4 Å². The van der Waals surface area contributed by atoms with E-state index < -0.39 is 10.0 Å². The molecule has 0 atom stereocenters. The van der Waals surface area contributed by atoms with Gasteiger partial charge in [0.15, 0.2) is 0 Å². The van der Waals surface area contributed by atoms with Gasteiger partial charge in [-0.15, -0.1) is 0 Å². The molecule has 2 aromatic rings. The van der Waals surface area contributed by atoms with Crippen LogP contribution in [0.2, 0.25) is 0 Å². The van der Waals surface area contributed by atoms with Crippen molar-refractivity contribution >= 4 is 15.9 Å². The lowest BCUT2D eigenvalue weighted by atomic mass is 10.3. The fourth-order valence-electron chi connectivity index (χ4n) is 3.10. The Kier molecular flexibility index (Phi) is 5.93. The van der Waals surface area contributed by atoms with E-state index in [1.165, 1.54) is 4.31 Å². The van der Waals surface area contributed by atoms with Crippen molar-refractivity contribution in [3.63, 3.8) is 0 Å². The second kappa shape index (κ2) is 8.20. The number of piperazine rings is 1. The van der Waals surface area contributed by atoms with Crippen molar-refractivity contribution in [3.8, 4) is 0 Å². The molecule has 8 nitrogen and oxygen atoms in total. The third-order valence-electron chi connectivity index (χ3n) is 4.67. The summed E-state index contributed by atoms with van der Waals surface area (Å²) in [5.74, 6) is 0.0122. The van der Waals surface area contributed by atoms with Gasteiger partial charge in [-0.3, -0.25) is 14.4 Å². The molecule has 1 aliphatic heterocycles. The lowest BCUT2D eigenvalue weighted by Crippen LogP contribution is -2.51. The fraction of sp³-hybridized carbons (Fsp3) is 0.444. The molecule has 0 N–H and O–H groups in total. The normalized spacial score (nSPS) is 16.4. The molecule has 9 heteroatoms. The minimum atomic E-state index is -3.47. The number of likely N-dealkylation sites (N-methyl/N-ethyl adjacent to an activating group) is 1. The summed E-state index contributed by atoms with van der Waals surface area (Å²) in [7, 11) is 0.144. The molecule has 0 radical (unpaired) electrons. The first-order chi connectivity index (χ1) is 12.9. The van der Waals surface area contributed by atoms with E-state index in [2.05, 4.69) is 5.10 Å². The van der Waals surface area contributed by atoms with Crippen LogP contribution in [-0.2, 0) is 28.4 Å². The third-order valence-corrected chi connectivity index (χ3v) is 6.59. The Balaban J connectivity index is 1.51. The first-order valence-corrected chi connectivity index (χ1v) is 10.3. The number of sulfonamides is 1. The molecule has 1 aliphatic rings. The van der Waals surface area contributed by atoms with Crippen LogP contribution in [0.1, 0.15) is 5.56 Å². The molecule has 1 fully saturated rings. The van der Waals surface area contributed by atoms with Gasteiger partial charge in [-0.25, -0.2) is 8.42 Å². The zero-order valence-corrected chi connectivity index (χ0v) is 16.5. The fourth-order valence-corrected chi connectivity index (χ4v) is 4.54. The van der Waals surface area contributed by atoms with E-state index in [0.29, 0.717) is 37.6 Å². The molecule has 0 saturated carbocycles. The van der Waals surface area contributed by atoms with Gasteiger partial charge in [-0.1, -0.05) is 18.2 Å². The van der Waals surface area contributed by atoms with Crippen LogP contribution in [-0.4, -0.2) is 78.0 Å². The van der Waals surface area contributed by atoms with Gasteiger partial charge >= 0.3 is 0 Å². The monoisotopic (exact) mass is 391 g/mol. The van der Waals surface area contributed by atoms with Gasteiger partial charge in [-0.2, -0.15) is 9.40 Å². The molecular weight excluding hydrogens is 366 g/mol. The van der Waals surface area contributed by atoms with Crippen LogP contribution in [0.3, 0.4) is 0 Å². The van der Waals surface area contributed by atoms with E-state index >= 15 is 0 Å². The Hall–Kier alpha value is -2.23. The summed E-state index contributed by atoms with van der Waals surface area (Å²) in [4.78, 5) is 16.4. The highest BCUT2D eigenvalue weighted by atomic mass is 32.2. The number of aryl methyl sites for hydroxylation is 1. The van der Waals surface area contributed by atoms with Crippen LogP contribution in [0.15, 0.2) is 47.6 Å². The van der Waals surface area contributed by atoms with Gasteiger partial charge < -0.3 is 4.90 Å². The highest BCUT2D eigenvalue weighted by Crippen LogP contribution is 2.17. The molecule has 1 aromatic carbocycles. The zero-order valence-electron chi connectivity index (χ0n) is 15.7. The van der Waals surface area contributed by atoms with Crippen molar-refractivity contribution in [3.05, 3.63) is 48.3 Å². The van der Waals surface area contributed by atoms with Crippen molar-refractivity contribution in [2.24, 2.45) is 7.05 Å². The van der Waals surface area contributed by atoms with E-state index in [4.69, 9.17) is 0 Å². The minimum absolute atomic E-state index is 0.0122. The number of carbonyl (C=O) groups excluding carboxylic acids is 1. The summed E-state index contributed by atoms with van der Waals surface area (Å²) in [6, 6.07) is 8.46. The van der Waals surface area contributed by atoms with Crippen LogP contribution >= 0.6 is 0 Å². The average molecular weight is 391 g/mol. The molecule has 0 spiro atoms. The Bertz CT molecular complexity index is 873. The van der Waals surface area contributed by atoms with E-state index in [1.807, 2.05) is 18.1 Å². The summed E-state index contributed by atoms with van der Waals surface area (Å²) in [6.07, 6.45) is 3.63. The maximum Gasteiger partial charge on any atom is 0.243 e. The standard InChI is InChI=1S/C18H25N5O3S/c1-20(13-16-12-19-21(2)14-16)18(24)15-22-8-10-23(11-9-22)27(25,26)17-6-4-3-5-7-17/h3-7,12,14H,8-11,13,15H2,1-2H3. The van der Waals surface area contributed by atoms with E-state index in [1.54, 1.807) is 53.2 Å². The predicted molar refractivity (Wildman–Crippen MR) is 101 cm³/mol. The molecule has 1 aromatic heterocycles. The van der Waals surface area contributed by atoms with Gasteiger partial charge in [0.1, 0.15) is 0 Å². The van der Waals surface area contributed by atoms with Gasteiger partial charge in [-0.05, 0) is 12.1 Å². The number of benzene rings is 1. The van der Waals surface area contributed by atoms with Gasteiger partial charge in [0.2, 0.25) is 15.9 Å². The molecule has 0 bridgehead atoms. The molecule has 2 heterocycles. The summed E-state index contributed by atoms with van der Waals surface area (Å²) in [5, 5.41) is 4.11. The Labute approximate surface area is 160 Å². The maximum atomic E-state index is 12.7. The SMILES string of the molecule is CN(Cc1cnn(C)c1)C(=O)CN1CCN(S(=O)(=O)c2ccccc2)CC1. The average Bonchev–Trinajstić information content (AvgIpc) is 3.07. The molecule has 0 unspecified atom stereocenters. The lowest BCUT2D eigenvalue weighted by Gasteiger charge is -2.34. The number of hydrogen-bond acceptors (Lipinski definition) is 5. The summed E-state index contributed by atoms with van der Waals surface area (Å²) in [5.41, 5.74) is 0.979. The zero-order chi connectivity index (χ0) is 19.4. The van der Waals surface area contributed by atoms with Crippen molar-refractivity contribution in [1.82, 2.24) is 23.9 Å². The Morgan fingerprint density at radius 1 is 1.15 bits per heavy atom. The third kappa shape index (κ3) is 4.74. The highest BCUT2D eigenvalue weighted by molar-refractivity contribution is 7.89. The Morgan fingerprint density at radius 2 is 1.81 bits per heavy atom. The van der Waals surface area contributed by atoms with Gasteiger partial charge in [0.25, 0.3) is 0 Å². The topological polar surface area (TPSA) is 78.8 Å². The van der Waals surface area contributed by atoms with Crippen molar-refractivity contribution in [1.29, 1.82) is 0 Å². The number of hydrogen-bond donors (Lipinski definition) is 0. The first-order valence-electron chi connectivity index (χ1n) is 8.85. The Morgan fingerprint density at radius 3 is 2.41 bits per heavy atom. The van der Waals surface area contributed by atoms with E-state index in [0.717, 1.165) is 5.56 Å². The van der Waals surface area contributed by atoms with Crippen molar-refractivity contribution < 1.29 is 13.2 Å². The highest BCUT2D eigenvalue weighted by Gasteiger charge is 2.29. The molecule has 3 rings (SSSR count). The maximum absolute atomic E-state index is 12.7. The molecule has 146 valence electrons. The smallest absolute Gasteiger partial charge is 0.243 e. The first kappa shape index (κ1) is 19.5. The second-order valence-electron chi connectivity index (χ2n) is 6.77. The largest absolute Gasteiger partial charge is 0.340 e. The number of nitrogens with zero attached hydrogens (tertiary/aromatic N) is 5.